The fourth-order valence-electron chi connectivity index (χ4n) is 2.35. The van der Waals surface area contributed by atoms with E-state index in [1.54, 1.807) is 48.8 Å². The summed E-state index contributed by atoms with van der Waals surface area (Å²) in [5, 5.41) is 16.6. The Morgan fingerprint density at radius 2 is 2.08 bits per heavy atom. The number of aromatic hydroxyl groups is 1. The number of amides is 1. The molecule has 0 atom stereocenters. The van der Waals surface area contributed by atoms with Gasteiger partial charge in [-0.25, -0.2) is 0 Å². The number of methoxy groups -OCH3 is 1. The lowest BCUT2D eigenvalue weighted by atomic mass is 10.2. The number of aromatic nitrogens is 3. The van der Waals surface area contributed by atoms with E-state index in [1.165, 1.54) is 7.11 Å². The quantitative estimate of drug-likeness (QED) is 0.716. The summed E-state index contributed by atoms with van der Waals surface area (Å²) >= 11 is 0. The highest BCUT2D eigenvalue weighted by Gasteiger charge is 2.18. The van der Waals surface area contributed by atoms with Gasteiger partial charge in [-0.05, 0) is 23.8 Å². The first-order chi connectivity index (χ1) is 12.6. The lowest BCUT2D eigenvalue weighted by Crippen LogP contribution is -2.29. The minimum atomic E-state index is -0.616. The summed E-state index contributed by atoms with van der Waals surface area (Å²) in [6.07, 6.45) is 3.24. The average Bonchev–Trinajstić information content (AvgIpc) is 2.67. The number of nitrogens with zero attached hydrogens (tertiary/aromatic N) is 3. The molecule has 1 aromatic carbocycles. The van der Waals surface area contributed by atoms with Crippen LogP contribution in [-0.2, 0) is 6.54 Å². The van der Waals surface area contributed by atoms with Gasteiger partial charge in [-0.3, -0.25) is 14.6 Å². The maximum absolute atomic E-state index is 12.4. The molecule has 1 amide bonds. The maximum atomic E-state index is 12.4. The third-order valence-corrected chi connectivity index (χ3v) is 3.62. The highest BCUT2D eigenvalue weighted by Crippen LogP contribution is 2.21. The largest absolute Gasteiger partial charge is 0.505 e. The second-order valence-electron chi connectivity index (χ2n) is 5.34. The van der Waals surface area contributed by atoms with Crippen molar-refractivity contribution in [3.05, 3.63) is 76.5 Å². The first-order valence-electron chi connectivity index (χ1n) is 7.74. The Balaban J connectivity index is 1.93. The number of carbonyl (C=O) groups excluding carboxylic acids is 1. The van der Waals surface area contributed by atoms with Crippen molar-refractivity contribution in [1.29, 1.82) is 0 Å². The van der Waals surface area contributed by atoms with E-state index in [0.717, 1.165) is 16.3 Å². The predicted molar refractivity (Wildman–Crippen MR) is 93.5 cm³/mol. The van der Waals surface area contributed by atoms with E-state index >= 15 is 0 Å². The van der Waals surface area contributed by atoms with Crippen LogP contribution >= 0.6 is 0 Å². The van der Waals surface area contributed by atoms with E-state index in [0.29, 0.717) is 11.4 Å². The van der Waals surface area contributed by atoms with Crippen LogP contribution in [-0.4, -0.2) is 32.9 Å². The lowest BCUT2D eigenvalue weighted by molar-refractivity contribution is 0.0941. The molecule has 0 aliphatic heterocycles. The van der Waals surface area contributed by atoms with Gasteiger partial charge in [0.05, 0.1) is 7.11 Å². The molecule has 0 spiro atoms. The summed E-state index contributed by atoms with van der Waals surface area (Å²) in [5.41, 5.74) is 0.301. The van der Waals surface area contributed by atoms with Gasteiger partial charge in [0, 0.05) is 25.0 Å². The summed E-state index contributed by atoms with van der Waals surface area (Å²) in [6.45, 7) is 0.210. The number of pyridine rings is 1. The smallest absolute Gasteiger partial charge is 0.275 e. The molecule has 0 saturated carbocycles. The van der Waals surface area contributed by atoms with Crippen LogP contribution in [0.2, 0.25) is 0 Å². The van der Waals surface area contributed by atoms with Gasteiger partial charge < -0.3 is 15.2 Å². The molecule has 2 aromatic heterocycles. The van der Waals surface area contributed by atoms with Crippen LogP contribution in [0.4, 0.5) is 0 Å². The molecule has 3 aromatic rings. The zero-order chi connectivity index (χ0) is 18.5. The van der Waals surface area contributed by atoms with Crippen molar-refractivity contribution in [1.82, 2.24) is 20.1 Å². The minimum Gasteiger partial charge on any atom is -0.505 e. The zero-order valence-corrected chi connectivity index (χ0v) is 13.9. The third kappa shape index (κ3) is 3.54. The van der Waals surface area contributed by atoms with Crippen molar-refractivity contribution in [2.75, 3.05) is 7.11 Å². The number of hydrogen-bond acceptors (Lipinski definition) is 6. The zero-order valence-electron chi connectivity index (χ0n) is 13.9. The molecular formula is C18H16N4O4. The van der Waals surface area contributed by atoms with Gasteiger partial charge in [0.2, 0.25) is 0 Å². The SMILES string of the molecule is COc1ccccc1-n1nc(C(=O)NCc2cccnc2)c(O)cc1=O. The van der Waals surface area contributed by atoms with Crippen LogP contribution in [0.5, 0.6) is 11.5 Å². The molecule has 8 heteroatoms. The molecule has 0 aliphatic rings. The number of benzene rings is 1. The molecule has 0 fully saturated rings. The van der Waals surface area contributed by atoms with Gasteiger partial charge in [0.25, 0.3) is 11.5 Å². The molecule has 0 radical (unpaired) electrons. The molecule has 2 N–H and O–H groups in total. The summed E-state index contributed by atoms with van der Waals surface area (Å²) in [6, 6.07) is 11.2. The van der Waals surface area contributed by atoms with Gasteiger partial charge in [0.1, 0.15) is 11.4 Å². The van der Waals surface area contributed by atoms with Gasteiger partial charge in [0.15, 0.2) is 11.4 Å². The van der Waals surface area contributed by atoms with E-state index in [2.05, 4.69) is 15.4 Å². The summed E-state index contributed by atoms with van der Waals surface area (Å²) in [7, 11) is 1.46. The standard InChI is InChI=1S/C18H16N4O4/c1-26-15-7-3-2-6-13(15)22-16(24)9-14(23)17(21-22)18(25)20-11-12-5-4-8-19-10-12/h2-10,23H,11H2,1H3,(H,20,25). The Morgan fingerprint density at radius 1 is 1.27 bits per heavy atom. The maximum Gasteiger partial charge on any atom is 0.275 e. The molecule has 26 heavy (non-hydrogen) atoms. The minimum absolute atomic E-state index is 0.210. The second-order valence-corrected chi connectivity index (χ2v) is 5.34. The monoisotopic (exact) mass is 352 g/mol. The molecule has 8 nitrogen and oxygen atoms in total. The van der Waals surface area contributed by atoms with Crippen LogP contribution in [0.25, 0.3) is 5.69 Å². The first-order valence-corrected chi connectivity index (χ1v) is 7.74. The molecule has 0 aliphatic carbocycles. The Hall–Kier alpha value is -3.68. The Morgan fingerprint density at radius 3 is 2.81 bits per heavy atom. The molecule has 132 valence electrons. The molecule has 3 rings (SSSR count). The Kier molecular flexibility index (Phi) is 4.93. The molecule has 0 unspecified atom stereocenters. The highest BCUT2D eigenvalue weighted by molar-refractivity contribution is 5.94. The molecular weight excluding hydrogens is 336 g/mol. The van der Waals surface area contributed by atoms with Gasteiger partial charge in [-0.1, -0.05) is 18.2 Å². The van der Waals surface area contributed by atoms with E-state index in [1.807, 2.05) is 0 Å². The average molecular weight is 352 g/mol. The van der Waals surface area contributed by atoms with Crippen LogP contribution in [0.1, 0.15) is 16.1 Å². The Bertz CT molecular complexity index is 986. The molecule has 0 saturated heterocycles. The first kappa shape index (κ1) is 17.2. The van der Waals surface area contributed by atoms with Crippen LogP contribution in [0.15, 0.2) is 59.7 Å². The number of hydrogen-bond donors (Lipinski definition) is 2. The van der Waals surface area contributed by atoms with Crippen LogP contribution < -0.4 is 15.6 Å². The number of carbonyl (C=O) groups is 1. The van der Waals surface area contributed by atoms with Gasteiger partial charge >= 0.3 is 0 Å². The topological polar surface area (TPSA) is 106 Å². The fourth-order valence-corrected chi connectivity index (χ4v) is 2.35. The van der Waals surface area contributed by atoms with E-state index in [9.17, 15) is 14.7 Å². The van der Waals surface area contributed by atoms with E-state index < -0.39 is 17.2 Å². The van der Waals surface area contributed by atoms with Crippen molar-refractivity contribution in [2.24, 2.45) is 0 Å². The lowest BCUT2D eigenvalue weighted by Gasteiger charge is -2.12. The van der Waals surface area contributed by atoms with Crippen molar-refractivity contribution < 1.29 is 14.6 Å². The second kappa shape index (κ2) is 7.47. The van der Waals surface area contributed by atoms with Crippen molar-refractivity contribution in [3.8, 4) is 17.2 Å². The predicted octanol–water partition coefficient (Wildman–Crippen LogP) is 1.27. The summed E-state index contributed by atoms with van der Waals surface area (Å²) < 4.78 is 6.23. The number of ether oxygens (including phenoxy) is 1. The number of nitrogens with one attached hydrogen (secondary N) is 1. The summed E-state index contributed by atoms with van der Waals surface area (Å²) in [5.74, 6) is -0.700. The van der Waals surface area contributed by atoms with Crippen molar-refractivity contribution in [2.45, 2.75) is 6.54 Å². The van der Waals surface area contributed by atoms with Crippen molar-refractivity contribution >= 4 is 5.91 Å². The third-order valence-electron chi connectivity index (χ3n) is 3.62. The number of para-hydroxylation sites is 2. The number of rotatable bonds is 5. The highest BCUT2D eigenvalue weighted by atomic mass is 16.5. The van der Waals surface area contributed by atoms with E-state index in [-0.39, 0.29) is 12.2 Å². The van der Waals surface area contributed by atoms with E-state index in [4.69, 9.17) is 4.74 Å². The fraction of sp³-hybridized carbons (Fsp3) is 0.111. The molecule has 0 bridgehead atoms. The normalized spacial score (nSPS) is 10.3. The summed E-state index contributed by atoms with van der Waals surface area (Å²) in [4.78, 5) is 28.6. The van der Waals surface area contributed by atoms with Gasteiger partial charge in [-0.15, -0.1) is 0 Å². The van der Waals surface area contributed by atoms with Crippen LogP contribution in [0, 0.1) is 0 Å². The molecule has 2 heterocycles. The van der Waals surface area contributed by atoms with Crippen LogP contribution in [0.3, 0.4) is 0 Å². The Labute approximate surface area is 148 Å². The van der Waals surface area contributed by atoms with Gasteiger partial charge in [-0.2, -0.15) is 9.78 Å². The van der Waals surface area contributed by atoms with Crippen molar-refractivity contribution in [3.63, 3.8) is 0 Å².